The molecule has 26 heavy (non-hydrogen) atoms. The van der Waals surface area contributed by atoms with E-state index in [0.717, 1.165) is 0 Å². The number of methoxy groups -OCH3 is 1. The fourth-order valence-electron chi connectivity index (χ4n) is 2.41. The quantitative estimate of drug-likeness (QED) is 0.799. The van der Waals surface area contributed by atoms with E-state index in [-0.39, 0.29) is 0 Å². The molecule has 1 saturated heterocycles. The van der Waals surface area contributed by atoms with Crippen LogP contribution in [0.15, 0.2) is 12.1 Å². The Morgan fingerprint density at radius 3 is 2.15 bits per heavy atom. The number of ether oxygens (including phenoxy) is 2. The van der Waals surface area contributed by atoms with Gasteiger partial charge >= 0.3 is 13.2 Å². The van der Waals surface area contributed by atoms with Crippen LogP contribution >= 0.6 is 11.6 Å². The molecule has 0 aromatic heterocycles. The average molecular weight is 384 g/mol. The second-order valence-electron chi connectivity index (χ2n) is 8.29. The largest absolute Gasteiger partial charge is 0.497 e. The second-order valence-corrected chi connectivity index (χ2v) is 8.70. The monoisotopic (exact) mass is 383 g/mol. The molecule has 1 amide bonds. The zero-order valence-corrected chi connectivity index (χ0v) is 17.4. The Balaban J connectivity index is 2.40. The van der Waals surface area contributed by atoms with Gasteiger partial charge in [-0.15, -0.1) is 0 Å². The second kappa shape index (κ2) is 6.95. The minimum atomic E-state index is -0.684. The molecular formula is C18H27BClNO5. The fourth-order valence-corrected chi connectivity index (χ4v) is 2.65. The topological polar surface area (TPSA) is 66.0 Å². The molecule has 0 unspecified atom stereocenters. The summed E-state index contributed by atoms with van der Waals surface area (Å²) in [5.74, 6) is 0.464. The average Bonchev–Trinajstić information content (AvgIpc) is 2.65. The zero-order chi connectivity index (χ0) is 19.9. The summed E-state index contributed by atoms with van der Waals surface area (Å²) in [5, 5.41) is 3.09. The van der Waals surface area contributed by atoms with Crippen LogP contribution in [0.25, 0.3) is 0 Å². The van der Waals surface area contributed by atoms with Crippen LogP contribution in [-0.4, -0.2) is 37.1 Å². The van der Waals surface area contributed by atoms with Gasteiger partial charge in [-0.1, -0.05) is 11.6 Å². The van der Waals surface area contributed by atoms with E-state index in [1.54, 1.807) is 32.9 Å². The molecule has 1 aliphatic heterocycles. The summed E-state index contributed by atoms with van der Waals surface area (Å²) in [7, 11) is 0.840. The maximum absolute atomic E-state index is 12.2. The van der Waals surface area contributed by atoms with E-state index in [2.05, 4.69) is 5.32 Å². The van der Waals surface area contributed by atoms with Gasteiger partial charge in [0.05, 0.1) is 23.3 Å². The molecule has 1 aromatic carbocycles. The normalized spacial score (nSPS) is 18.6. The molecule has 0 radical (unpaired) electrons. The number of hydrogen-bond acceptors (Lipinski definition) is 5. The van der Waals surface area contributed by atoms with Gasteiger partial charge in [0.15, 0.2) is 0 Å². The lowest BCUT2D eigenvalue weighted by molar-refractivity contribution is 0.00578. The highest BCUT2D eigenvalue weighted by atomic mass is 35.5. The minimum absolute atomic E-state index is 0.360. The predicted molar refractivity (Wildman–Crippen MR) is 104 cm³/mol. The van der Waals surface area contributed by atoms with E-state index < -0.39 is 30.0 Å². The summed E-state index contributed by atoms with van der Waals surface area (Å²) < 4.78 is 22.8. The Labute approximate surface area is 160 Å². The Hall–Kier alpha value is -1.44. The van der Waals surface area contributed by atoms with Crippen molar-refractivity contribution in [1.29, 1.82) is 0 Å². The van der Waals surface area contributed by atoms with Crippen LogP contribution in [0.1, 0.15) is 48.5 Å². The highest BCUT2D eigenvalue weighted by Crippen LogP contribution is 2.38. The first-order chi connectivity index (χ1) is 11.8. The summed E-state index contributed by atoms with van der Waals surface area (Å²) in [4.78, 5) is 12.2. The van der Waals surface area contributed by atoms with Gasteiger partial charge < -0.3 is 18.8 Å². The van der Waals surface area contributed by atoms with Crippen molar-refractivity contribution in [1.82, 2.24) is 0 Å². The molecule has 0 atom stereocenters. The number of halogens is 1. The van der Waals surface area contributed by atoms with Gasteiger partial charge in [-0.2, -0.15) is 0 Å². The van der Waals surface area contributed by atoms with Crippen LogP contribution in [-0.2, 0) is 14.0 Å². The van der Waals surface area contributed by atoms with Gasteiger partial charge in [0, 0.05) is 11.2 Å². The van der Waals surface area contributed by atoms with Crippen molar-refractivity contribution in [3.63, 3.8) is 0 Å². The van der Waals surface area contributed by atoms with Crippen LogP contribution in [0, 0.1) is 0 Å². The number of rotatable bonds is 3. The molecular weight excluding hydrogens is 356 g/mol. The molecule has 1 heterocycles. The predicted octanol–water partition coefficient (Wildman–Crippen LogP) is 3.99. The maximum Gasteiger partial charge on any atom is 0.497 e. The van der Waals surface area contributed by atoms with Gasteiger partial charge in [-0.25, -0.2) is 4.79 Å². The lowest BCUT2D eigenvalue weighted by atomic mass is 9.77. The highest BCUT2D eigenvalue weighted by Gasteiger charge is 2.52. The molecule has 1 aromatic rings. The molecule has 0 spiro atoms. The Kier molecular flexibility index (Phi) is 5.58. The smallest absolute Gasteiger partial charge is 0.495 e. The van der Waals surface area contributed by atoms with E-state index in [9.17, 15) is 4.79 Å². The van der Waals surface area contributed by atoms with Crippen molar-refractivity contribution >= 4 is 36.0 Å². The van der Waals surface area contributed by atoms with Gasteiger partial charge in [-0.05, 0) is 60.6 Å². The van der Waals surface area contributed by atoms with Crippen molar-refractivity contribution in [2.24, 2.45) is 0 Å². The Morgan fingerprint density at radius 2 is 1.69 bits per heavy atom. The molecule has 1 fully saturated rings. The van der Waals surface area contributed by atoms with E-state index >= 15 is 0 Å². The van der Waals surface area contributed by atoms with Crippen molar-refractivity contribution in [3.8, 4) is 5.75 Å². The summed E-state index contributed by atoms with van der Waals surface area (Å²) in [6.45, 7) is 13.2. The third-order valence-corrected chi connectivity index (χ3v) is 4.76. The van der Waals surface area contributed by atoms with Gasteiger partial charge in [0.1, 0.15) is 11.4 Å². The summed E-state index contributed by atoms with van der Waals surface area (Å²) >= 11 is 6.24. The lowest BCUT2D eigenvalue weighted by Crippen LogP contribution is -2.41. The lowest BCUT2D eigenvalue weighted by Gasteiger charge is -2.32. The highest BCUT2D eigenvalue weighted by molar-refractivity contribution is 6.64. The van der Waals surface area contributed by atoms with Crippen LogP contribution in [0.5, 0.6) is 5.75 Å². The van der Waals surface area contributed by atoms with E-state index in [1.165, 1.54) is 7.11 Å². The van der Waals surface area contributed by atoms with Crippen molar-refractivity contribution in [2.45, 2.75) is 65.3 Å². The molecule has 1 N–H and O–H groups in total. The molecule has 2 rings (SSSR count). The minimum Gasteiger partial charge on any atom is -0.495 e. The van der Waals surface area contributed by atoms with Gasteiger partial charge in [0.2, 0.25) is 0 Å². The number of amides is 1. The van der Waals surface area contributed by atoms with E-state index in [4.69, 9.17) is 30.4 Å². The number of benzene rings is 1. The SMILES string of the molecule is COc1cc(B2OC(C)(C)C(C)(C)O2)c(NC(=O)OC(C)(C)C)cc1Cl. The Morgan fingerprint density at radius 1 is 1.15 bits per heavy atom. The van der Waals surface area contributed by atoms with Gasteiger partial charge in [0.25, 0.3) is 0 Å². The van der Waals surface area contributed by atoms with Crippen molar-refractivity contribution in [2.75, 3.05) is 12.4 Å². The van der Waals surface area contributed by atoms with Crippen LogP contribution in [0.2, 0.25) is 5.02 Å². The Bertz CT molecular complexity index is 684. The summed E-state index contributed by atoms with van der Waals surface area (Å²) in [6, 6.07) is 3.31. The molecule has 0 saturated carbocycles. The van der Waals surface area contributed by atoms with Crippen molar-refractivity contribution in [3.05, 3.63) is 17.2 Å². The maximum atomic E-state index is 12.2. The van der Waals surface area contributed by atoms with Crippen molar-refractivity contribution < 1.29 is 23.6 Å². The summed E-state index contributed by atoms with van der Waals surface area (Å²) in [6.07, 6.45) is -0.587. The molecule has 1 aliphatic rings. The first-order valence-electron chi connectivity index (χ1n) is 8.49. The summed E-state index contributed by atoms with van der Waals surface area (Å²) in [5.41, 5.74) is -0.605. The molecule has 0 aliphatic carbocycles. The number of anilines is 1. The zero-order valence-electron chi connectivity index (χ0n) is 16.7. The van der Waals surface area contributed by atoms with Crippen LogP contribution in [0.4, 0.5) is 10.5 Å². The molecule has 6 nitrogen and oxygen atoms in total. The third-order valence-electron chi connectivity index (χ3n) is 4.47. The number of carbonyl (C=O) groups excluding carboxylic acids is 1. The van der Waals surface area contributed by atoms with Gasteiger partial charge in [-0.3, -0.25) is 5.32 Å². The van der Waals surface area contributed by atoms with E-state index in [0.29, 0.717) is 21.9 Å². The first kappa shape index (κ1) is 20.9. The molecule has 144 valence electrons. The number of carbonyl (C=O) groups is 1. The van der Waals surface area contributed by atoms with E-state index in [1.807, 2.05) is 27.7 Å². The first-order valence-corrected chi connectivity index (χ1v) is 8.86. The molecule has 8 heteroatoms. The fraction of sp³-hybridized carbons (Fsp3) is 0.611. The standard InChI is InChI=1S/C18H27BClNO5/c1-16(2,3)24-15(22)21-13-10-12(20)14(23-8)9-11(13)19-25-17(4,5)18(6,7)26-19/h9-10H,1-8H3,(H,21,22). The van der Waals surface area contributed by atoms with Crippen LogP contribution < -0.4 is 15.5 Å². The number of nitrogens with one attached hydrogen (secondary N) is 1. The molecule has 0 bridgehead atoms. The van der Waals surface area contributed by atoms with Crippen LogP contribution in [0.3, 0.4) is 0 Å². The third kappa shape index (κ3) is 4.45. The number of hydrogen-bond donors (Lipinski definition) is 1.